The average molecular weight is 583 g/mol. The van der Waals surface area contributed by atoms with Gasteiger partial charge in [-0.2, -0.15) is 0 Å². The molecule has 1 aliphatic heterocycles. The van der Waals surface area contributed by atoms with E-state index in [2.05, 4.69) is 125 Å². The van der Waals surface area contributed by atoms with Gasteiger partial charge in [-0.1, -0.05) is 74.4 Å². The van der Waals surface area contributed by atoms with Gasteiger partial charge in [0, 0.05) is 12.3 Å². The van der Waals surface area contributed by atoms with Crippen molar-refractivity contribution in [3.8, 4) is 34.1 Å². The van der Waals surface area contributed by atoms with Gasteiger partial charge in [-0.15, -0.1) is 0 Å². The van der Waals surface area contributed by atoms with Crippen molar-refractivity contribution in [2.75, 3.05) is 0 Å². The van der Waals surface area contributed by atoms with Crippen molar-refractivity contribution in [2.45, 2.75) is 124 Å². The molecule has 2 aromatic rings. The fraction of sp³-hybridized carbons (Fsp3) is 0.647. The van der Waals surface area contributed by atoms with E-state index in [0.29, 0.717) is 11.8 Å². The highest BCUT2D eigenvalue weighted by atomic mass is 28.4. The third-order valence-electron chi connectivity index (χ3n) is 10.1. The van der Waals surface area contributed by atoms with Gasteiger partial charge in [-0.3, -0.25) is 0 Å². The van der Waals surface area contributed by atoms with Crippen LogP contribution in [0.4, 0.5) is 0 Å². The lowest BCUT2D eigenvalue weighted by molar-refractivity contribution is -0.194. The van der Waals surface area contributed by atoms with Gasteiger partial charge in [0.15, 0.2) is 0 Å². The lowest BCUT2D eigenvalue weighted by Gasteiger charge is -2.46. The van der Waals surface area contributed by atoms with Crippen LogP contribution in [-0.4, -0.2) is 22.4 Å². The summed E-state index contributed by atoms with van der Waals surface area (Å²) in [5.74, 6) is 3.87. The van der Waals surface area contributed by atoms with Crippen LogP contribution < -0.4 is 18.3 Å². The Balaban J connectivity index is 2.00. The van der Waals surface area contributed by atoms with Gasteiger partial charge in [-0.25, -0.2) is 0 Å². The topological polar surface area (TPSA) is 36.9 Å². The summed E-state index contributed by atoms with van der Waals surface area (Å²) in [6.45, 7) is 29.8. The van der Waals surface area contributed by atoms with Crippen LogP contribution in [0.15, 0.2) is 36.4 Å². The highest BCUT2D eigenvalue weighted by Crippen LogP contribution is 2.57. The van der Waals surface area contributed by atoms with Crippen LogP contribution >= 0.6 is 0 Å². The molecule has 6 heteroatoms. The molecule has 0 aromatic heterocycles. The SMILES string of the molecule is CC(C)[C@@H]1CC[C@@H](C)CC12Oc1cccc(O[Si](C)(C)C(C)(C)C)c1-c1c(cccc1O[Si](C)(C)C(C)(C)C)O2. The molecule has 222 valence electrons. The lowest BCUT2D eigenvalue weighted by Crippen LogP contribution is -2.54. The highest BCUT2D eigenvalue weighted by molar-refractivity contribution is 6.75. The third kappa shape index (κ3) is 5.72. The van der Waals surface area contributed by atoms with Crippen LogP contribution in [0.3, 0.4) is 0 Å². The number of ether oxygens (including phenoxy) is 2. The molecule has 0 saturated heterocycles. The Bertz CT molecular complexity index is 1140. The van der Waals surface area contributed by atoms with Gasteiger partial charge in [0.25, 0.3) is 22.4 Å². The second-order valence-electron chi connectivity index (χ2n) is 15.7. The summed E-state index contributed by atoms with van der Waals surface area (Å²) in [6, 6.07) is 12.6. The standard InChI is InChI=1S/C34H54O4Si2/c1-23(2)25-21-20-24(3)22-34(25)35-26-16-14-18-28(37-39(10,11)32(4,5)6)30(26)31-27(36-34)17-15-19-29(31)38-40(12,13)33(7,8)9/h14-19,23-25H,20-22H2,1-13H3/t24-,25+/m1/s1. The summed E-state index contributed by atoms with van der Waals surface area (Å²) in [6.07, 6.45) is 3.14. The fourth-order valence-electron chi connectivity index (χ4n) is 5.60. The average Bonchev–Trinajstić information content (AvgIpc) is 2.92. The van der Waals surface area contributed by atoms with E-state index in [9.17, 15) is 0 Å². The van der Waals surface area contributed by atoms with E-state index in [0.717, 1.165) is 47.0 Å². The highest BCUT2D eigenvalue weighted by Gasteiger charge is 2.52. The van der Waals surface area contributed by atoms with E-state index in [-0.39, 0.29) is 16.0 Å². The molecular weight excluding hydrogens is 529 g/mol. The van der Waals surface area contributed by atoms with E-state index < -0.39 is 22.4 Å². The molecule has 0 amide bonds. The summed E-state index contributed by atoms with van der Waals surface area (Å²) in [4.78, 5) is 0. The molecule has 0 N–H and O–H groups in total. The molecule has 2 aromatic carbocycles. The van der Waals surface area contributed by atoms with Crippen molar-refractivity contribution in [3.63, 3.8) is 0 Å². The number of fused-ring (bicyclic) bond motifs is 3. The van der Waals surface area contributed by atoms with Gasteiger partial charge in [0.2, 0.25) is 0 Å². The van der Waals surface area contributed by atoms with E-state index in [1.165, 1.54) is 6.42 Å². The number of hydrogen-bond acceptors (Lipinski definition) is 4. The number of rotatable bonds is 5. The second-order valence-corrected chi connectivity index (χ2v) is 25.2. The third-order valence-corrected chi connectivity index (χ3v) is 18.8. The first-order valence-electron chi connectivity index (χ1n) is 15.3. The molecule has 4 rings (SSSR count). The van der Waals surface area contributed by atoms with Crippen molar-refractivity contribution in [1.82, 2.24) is 0 Å². The van der Waals surface area contributed by atoms with Gasteiger partial charge in [-0.05, 0) is 85.2 Å². The monoisotopic (exact) mass is 582 g/mol. The van der Waals surface area contributed by atoms with Crippen LogP contribution in [0.1, 0.15) is 81.6 Å². The maximum absolute atomic E-state index is 7.17. The first-order valence-corrected chi connectivity index (χ1v) is 21.1. The van der Waals surface area contributed by atoms with Crippen LogP contribution in [0, 0.1) is 17.8 Å². The van der Waals surface area contributed by atoms with Gasteiger partial charge >= 0.3 is 0 Å². The van der Waals surface area contributed by atoms with E-state index in [4.69, 9.17) is 18.3 Å². The minimum Gasteiger partial charge on any atom is -0.543 e. The maximum atomic E-state index is 7.17. The Morgan fingerprint density at radius 1 is 0.750 bits per heavy atom. The summed E-state index contributed by atoms with van der Waals surface area (Å²) >= 11 is 0. The van der Waals surface area contributed by atoms with Crippen molar-refractivity contribution in [2.24, 2.45) is 17.8 Å². The molecule has 40 heavy (non-hydrogen) atoms. The van der Waals surface area contributed by atoms with Crippen LogP contribution in [0.25, 0.3) is 11.1 Å². The zero-order chi connectivity index (χ0) is 29.9. The molecule has 2 atom stereocenters. The van der Waals surface area contributed by atoms with Gasteiger partial charge < -0.3 is 18.3 Å². The van der Waals surface area contributed by atoms with Crippen LogP contribution in [0.2, 0.25) is 36.3 Å². The van der Waals surface area contributed by atoms with Crippen LogP contribution in [-0.2, 0) is 0 Å². The first kappa shape index (κ1) is 31.0. The molecule has 1 saturated carbocycles. The first-order chi connectivity index (χ1) is 18.3. The van der Waals surface area contributed by atoms with E-state index >= 15 is 0 Å². The summed E-state index contributed by atoms with van der Waals surface area (Å²) in [7, 11) is -4.31. The van der Waals surface area contributed by atoms with Gasteiger partial charge in [0.05, 0.1) is 11.1 Å². The summed E-state index contributed by atoms with van der Waals surface area (Å²) in [5.41, 5.74) is 1.93. The van der Waals surface area contributed by atoms with Crippen molar-refractivity contribution in [3.05, 3.63) is 36.4 Å². The van der Waals surface area contributed by atoms with Gasteiger partial charge in [0.1, 0.15) is 23.0 Å². The Kier molecular flexibility index (Phi) is 8.07. The zero-order valence-electron chi connectivity index (χ0n) is 27.5. The smallest absolute Gasteiger partial charge is 0.254 e. The summed E-state index contributed by atoms with van der Waals surface area (Å²) in [5, 5.41) is 0.112. The molecule has 1 spiro atoms. The van der Waals surface area contributed by atoms with Crippen molar-refractivity contribution in [1.29, 1.82) is 0 Å². The van der Waals surface area contributed by atoms with Crippen molar-refractivity contribution < 1.29 is 18.3 Å². The molecule has 1 aliphatic carbocycles. The Hall–Kier alpha value is -1.93. The molecule has 2 aliphatic rings. The Morgan fingerprint density at radius 3 is 1.55 bits per heavy atom. The fourth-order valence-corrected chi connectivity index (χ4v) is 7.66. The molecule has 0 bridgehead atoms. The predicted octanol–water partition coefficient (Wildman–Crippen LogP) is 10.7. The van der Waals surface area contributed by atoms with E-state index in [1.54, 1.807) is 0 Å². The minimum atomic E-state index is -2.16. The molecule has 1 heterocycles. The quantitative estimate of drug-likeness (QED) is 0.329. The molecule has 0 unspecified atom stereocenters. The number of benzene rings is 2. The molecule has 0 radical (unpaired) electrons. The van der Waals surface area contributed by atoms with E-state index in [1.807, 2.05) is 0 Å². The Labute approximate surface area is 246 Å². The zero-order valence-corrected chi connectivity index (χ0v) is 29.5. The van der Waals surface area contributed by atoms with Crippen molar-refractivity contribution >= 4 is 16.6 Å². The lowest BCUT2D eigenvalue weighted by atomic mass is 9.72. The normalized spacial score (nSPS) is 21.1. The maximum Gasteiger partial charge on any atom is 0.254 e. The summed E-state index contributed by atoms with van der Waals surface area (Å²) < 4.78 is 28.5. The Morgan fingerprint density at radius 2 is 1.18 bits per heavy atom. The minimum absolute atomic E-state index is 0.0561. The van der Waals surface area contributed by atoms with Crippen LogP contribution in [0.5, 0.6) is 23.0 Å². The largest absolute Gasteiger partial charge is 0.543 e. The molecular formula is C34H54O4Si2. The molecule has 4 nitrogen and oxygen atoms in total. The molecule has 1 fully saturated rings. The predicted molar refractivity (Wildman–Crippen MR) is 173 cm³/mol. The number of hydrogen-bond donors (Lipinski definition) is 0. The second kappa shape index (κ2) is 10.4.